The lowest BCUT2D eigenvalue weighted by atomic mass is 10.1. The second-order valence-corrected chi connectivity index (χ2v) is 4.08. The molecule has 1 aromatic carbocycles. The summed E-state index contributed by atoms with van der Waals surface area (Å²) in [4.78, 5) is 0. The van der Waals surface area contributed by atoms with Gasteiger partial charge in [0, 0.05) is 6.04 Å². The lowest BCUT2D eigenvalue weighted by Gasteiger charge is -2.08. The number of benzene rings is 1. The van der Waals surface area contributed by atoms with Crippen LogP contribution in [0.1, 0.15) is 18.9 Å². The highest BCUT2D eigenvalue weighted by atomic mass is 32.2. The van der Waals surface area contributed by atoms with Crippen LogP contribution in [0.15, 0.2) is 30.3 Å². The smallest absolute Gasteiger partial charge is 0.201 e. The maximum absolute atomic E-state index is 10.3. The summed E-state index contributed by atoms with van der Waals surface area (Å²) in [7, 11) is -2.47. The zero-order chi connectivity index (χ0) is 10.4. The van der Waals surface area contributed by atoms with Crippen molar-refractivity contribution in [2.45, 2.75) is 25.8 Å². The number of nitrogens with one attached hydrogen (secondary N) is 1. The quantitative estimate of drug-likeness (QED) is 0.720. The normalized spacial score (nSPS) is 13.0. The van der Waals surface area contributed by atoms with E-state index in [4.69, 9.17) is 0 Å². The van der Waals surface area contributed by atoms with Crippen LogP contribution in [-0.4, -0.2) is 14.5 Å². The molecule has 0 spiro atoms. The van der Waals surface area contributed by atoms with E-state index in [1.54, 1.807) is 0 Å². The fourth-order valence-corrected chi connectivity index (χ4v) is 1.76. The van der Waals surface area contributed by atoms with Gasteiger partial charge in [0.1, 0.15) is 0 Å². The average Bonchev–Trinajstić information content (AvgIpc) is 2.15. The minimum absolute atomic E-state index is 0.0105. The first kappa shape index (κ1) is 11.2. The predicted octanol–water partition coefficient (Wildman–Crippen LogP) is 1.12. The van der Waals surface area contributed by atoms with Gasteiger partial charge in [0.15, 0.2) is 0 Å². The van der Waals surface area contributed by atoms with Gasteiger partial charge in [0.2, 0.25) is 10.9 Å². The third kappa shape index (κ3) is 4.39. The molecule has 0 saturated carbocycles. The maximum Gasteiger partial charge on any atom is 0.201 e. The molecule has 1 rings (SSSR count). The summed E-state index contributed by atoms with van der Waals surface area (Å²) in [5.74, 6) is 0. The molecule has 3 nitrogen and oxygen atoms in total. The SMILES string of the molecule is CC(CCc1ccccc1)N[SH](=O)=O. The topological polar surface area (TPSA) is 46.2 Å². The molecule has 1 aromatic rings. The lowest BCUT2D eigenvalue weighted by molar-refractivity contribution is 0.564. The largest absolute Gasteiger partial charge is 0.216 e. The van der Waals surface area contributed by atoms with Gasteiger partial charge in [-0.2, -0.15) is 0 Å². The van der Waals surface area contributed by atoms with Gasteiger partial charge in [-0.25, -0.2) is 13.1 Å². The van der Waals surface area contributed by atoms with Crippen molar-refractivity contribution < 1.29 is 8.42 Å². The molecule has 1 N–H and O–H groups in total. The second kappa shape index (κ2) is 5.78. The number of hydrogen-bond acceptors (Lipinski definition) is 2. The number of rotatable bonds is 5. The average molecular weight is 213 g/mol. The van der Waals surface area contributed by atoms with E-state index in [2.05, 4.69) is 4.72 Å². The van der Waals surface area contributed by atoms with Crippen molar-refractivity contribution in [1.29, 1.82) is 0 Å². The second-order valence-electron chi connectivity index (χ2n) is 3.31. The van der Waals surface area contributed by atoms with Gasteiger partial charge in [-0.3, -0.25) is 0 Å². The third-order valence-corrected chi connectivity index (χ3v) is 2.69. The Balaban J connectivity index is 2.34. The first-order valence-corrected chi connectivity index (χ1v) is 5.80. The molecule has 1 atom stereocenters. The van der Waals surface area contributed by atoms with Crippen molar-refractivity contribution in [2.75, 3.05) is 0 Å². The van der Waals surface area contributed by atoms with E-state index in [1.165, 1.54) is 5.56 Å². The molecule has 14 heavy (non-hydrogen) atoms. The van der Waals surface area contributed by atoms with Gasteiger partial charge >= 0.3 is 0 Å². The van der Waals surface area contributed by atoms with Crippen LogP contribution in [0.5, 0.6) is 0 Å². The number of aryl methyl sites for hydroxylation is 1. The molecule has 0 aliphatic heterocycles. The molecule has 0 fully saturated rings. The Morgan fingerprint density at radius 2 is 1.93 bits per heavy atom. The van der Waals surface area contributed by atoms with E-state index in [1.807, 2.05) is 37.3 Å². The minimum atomic E-state index is -2.47. The van der Waals surface area contributed by atoms with Crippen molar-refractivity contribution in [3.8, 4) is 0 Å². The zero-order valence-corrected chi connectivity index (χ0v) is 9.04. The van der Waals surface area contributed by atoms with Gasteiger partial charge in [-0.1, -0.05) is 30.3 Å². The molecule has 0 saturated heterocycles. The molecule has 0 radical (unpaired) electrons. The summed E-state index contributed by atoms with van der Waals surface area (Å²) < 4.78 is 23.2. The minimum Gasteiger partial charge on any atom is -0.216 e. The molecule has 0 aliphatic carbocycles. The number of thiol groups is 1. The first-order valence-electron chi connectivity index (χ1n) is 4.63. The highest BCUT2D eigenvalue weighted by molar-refractivity contribution is 7.70. The number of hydrogen-bond donors (Lipinski definition) is 2. The van der Waals surface area contributed by atoms with E-state index < -0.39 is 10.9 Å². The van der Waals surface area contributed by atoms with Crippen LogP contribution in [-0.2, 0) is 17.3 Å². The first-order chi connectivity index (χ1) is 6.68. The zero-order valence-electron chi connectivity index (χ0n) is 8.14. The van der Waals surface area contributed by atoms with Crippen molar-refractivity contribution in [2.24, 2.45) is 0 Å². The van der Waals surface area contributed by atoms with Gasteiger partial charge < -0.3 is 0 Å². The van der Waals surface area contributed by atoms with E-state index in [0.29, 0.717) is 0 Å². The van der Waals surface area contributed by atoms with Crippen molar-refractivity contribution in [3.63, 3.8) is 0 Å². The summed E-state index contributed by atoms with van der Waals surface area (Å²) in [5, 5.41) is 0. The Morgan fingerprint density at radius 3 is 2.50 bits per heavy atom. The van der Waals surface area contributed by atoms with Crippen LogP contribution < -0.4 is 4.72 Å². The summed E-state index contributed by atoms with van der Waals surface area (Å²) in [5.41, 5.74) is 1.24. The monoisotopic (exact) mass is 213 g/mol. The van der Waals surface area contributed by atoms with Crippen LogP contribution in [0.25, 0.3) is 0 Å². The molecule has 4 heteroatoms. The highest BCUT2D eigenvalue weighted by Gasteiger charge is 2.01. The standard InChI is InChI=1S/C10H15NO2S/c1-9(11-14(12)13)7-8-10-5-3-2-4-6-10/h2-6,9,14H,7-8H2,1H3,(H,11,12,13). The predicted molar refractivity (Wildman–Crippen MR) is 57.7 cm³/mol. The molecule has 0 amide bonds. The maximum atomic E-state index is 10.3. The van der Waals surface area contributed by atoms with E-state index >= 15 is 0 Å². The van der Waals surface area contributed by atoms with Crippen LogP contribution in [0.4, 0.5) is 0 Å². The fourth-order valence-electron chi connectivity index (χ4n) is 1.27. The Hall–Kier alpha value is -0.870. The highest BCUT2D eigenvalue weighted by Crippen LogP contribution is 2.04. The Bertz CT molecular complexity index is 327. The van der Waals surface area contributed by atoms with Gasteiger partial charge in [0.25, 0.3) is 0 Å². The van der Waals surface area contributed by atoms with Crippen molar-refractivity contribution >= 4 is 10.9 Å². The van der Waals surface area contributed by atoms with Crippen molar-refractivity contribution in [3.05, 3.63) is 35.9 Å². The van der Waals surface area contributed by atoms with Crippen molar-refractivity contribution in [1.82, 2.24) is 4.72 Å². The van der Waals surface area contributed by atoms with Gasteiger partial charge in [-0.15, -0.1) is 0 Å². The Labute approximate surface area is 86.2 Å². The van der Waals surface area contributed by atoms with Crippen LogP contribution in [0.2, 0.25) is 0 Å². The van der Waals surface area contributed by atoms with Crippen LogP contribution >= 0.6 is 0 Å². The van der Waals surface area contributed by atoms with Crippen LogP contribution in [0.3, 0.4) is 0 Å². The molecule has 0 heterocycles. The lowest BCUT2D eigenvalue weighted by Crippen LogP contribution is -2.24. The van der Waals surface area contributed by atoms with E-state index in [0.717, 1.165) is 12.8 Å². The Kier molecular flexibility index (Phi) is 4.62. The molecule has 78 valence electrons. The molecule has 1 unspecified atom stereocenters. The third-order valence-electron chi connectivity index (χ3n) is 2.03. The fraction of sp³-hybridized carbons (Fsp3) is 0.400. The summed E-state index contributed by atoms with van der Waals surface area (Å²) in [6.07, 6.45) is 1.73. The van der Waals surface area contributed by atoms with Crippen LogP contribution in [0, 0.1) is 0 Å². The van der Waals surface area contributed by atoms with Gasteiger partial charge in [-0.05, 0) is 25.3 Å². The molecule has 0 bridgehead atoms. The Morgan fingerprint density at radius 1 is 1.29 bits per heavy atom. The molecular weight excluding hydrogens is 198 g/mol. The van der Waals surface area contributed by atoms with Gasteiger partial charge in [0.05, 0.1) is 0 Å². The molecule has 0 aliphatic rings. The van der Waals surface area contributed by atoms with E-state index in [9.17, 15) is 8.42 Å². The summed E-state index contributed by atoms with van der Waals surface area (Å²) in [6.45, 7) is 1.87. The molecular formula is C10H15NO2S. The summed E-state index contributed by atoms with van der Waals surface area (Å²) >= 11 is 0. The molecule has 0 aromatic heterocycles. The summed E-state index contributed by atoms with van der Waals surface area (Å²) in [6, 6.07) is 10.0. The van der Waals surface area contributed by atoms with E-state index in [-0.39, 0.29) is 6.04 Å².